The van der Waals surface area contributed by atoms with Crippen molar-refractivity contribution in [1.82, 2.24) is 10.2 Å². The standard InChI is InChI=1S/C14H28N2O2/c1-16(14(17)12-15-10-11-18-2)13-8-6-4-3-5-7-9-13/h13,15H,3-12H2,1-2H3. The molecule has 1 rings (SSSR count). The van der Waals surface area contributed by atoms with Crippen LogP contribution in [0.1, 0.15) is 44.9 Å². The smallest absolute Gasteiger partial charge is 0.236 e. The Labute approximate surface area is 111 Å². The van der Waals surface area contributed by atoms with Gasteiger partial charge in [0.15, 0.2) is 0 Å². The van der Waals surface area contributed by atoms with E-state index in [2.05, 4.69) is 5.32 Å². The molecule has 1 amide bonds. The molecule has 0 aromatic heterocycles. The number of amides is 1. The van der Waals surface area contributed by atoms with Crippen LogP contribution in [0.4, 0.5) is 0 Å². The predicted molar refractivity (Wildman–Crippen MR) is 73.6 cm³/mol. The molecule has 1 aliphatic carbocycles. The van der Waals surface area contributed by atoms with Crippen LogP contribution in [0.25, 0.3) is 0 Å². The molecule has 4 nitrogen and oxygen atoms in total. The van der Waals surface area contributed by atoms with Gasteiger partial charge in [-0.2, -0.15) is 0 Å². The number of methoxy groups -OCH3 is 1. The van der Waals surface area contributed by atoms with Gasteiger partial charge in [0, 0.05) is 26.7 Å². The van der Waals surface area contributed by atoms with Crippen LogP contribution in [0, 0.1) is 0 Å². The molecule has 0 spiro atoms. The number of likely N-dealkylation sites (N-methyl/N-ethyl adjacent to an activating group) is 1. The van der Waals surface area contributed by atoms with Gasteiger partial charge in [0.25, 0.3) is 0 Å². The van der Waals surface area contributed by atoms with Crippen molar-refractivity contribution in [3.8, 4) is 0 Å². The van der Waals surface area contributed by atoms with E-state index in [0.717, 1.165) is 6.54 Å². The molecule has 0 atom stereocenters. The molecular formula is C14H28N2O2. The Balaban J connectivity index is 2.26. The number of hydrogen-bond acceptors (Lipinski definition) is 3. The zero-order valence-corrected chi connectivity index (χ0v) is 11.9. The summed E-state index contributed by atoms with van der Waals surface area (Å²) in [6, 6.07) is 0.446. The largest absolute Gasteiger partial charge is 0.383 e. The predicted octanol–water partition coefficient (Wildman–Crippen LogP) is 1.79. The average Bonchev–Trinajstić information content (AvgIpc) is 2.33. The maximum absolute atomic E-state index is 12.0. The molecule has 0 unspecified atom stereocenters. The van der Waals surface area contributed by atoms with Crippen molar-refractivity contribution in [1.29, 1.82) is 0 Å². The highest BCUT2D eigenvalue weighted by Gasteiger charge is 2.19. The van der Waals surface area contributed by atoms with E-state index in [4.69, 9.17) is 4.74 Å². The summed E-state index contributed by atoms with van der Waals surface area (Å²) in [6.45, 7) is 1.82. The SMILES string of the molecule is COCCNCC(=O)N(C)C1CCCCCCC1. The van der Waals surface area contributed by atoms with Crippen LogP contribution < -0.4 is 5.32 Å². The molecule has 1 saturated carbocycles. The van der Waals surface area contributed by atoms with Crippen LogP contribution in [-0.4, -0.2) is 50.7 Å². The Bertz CT molecular complexity index is 226. The minimum Gasteiger partial charge on any atom is -0.383 e. The Morgan fingerprint density at radius 1 is 1.22 bits per heavy atom. The van der Waals surface area contributed by atoms with Crippen LogP contribution in [0.2, 0.25) is 0 Å². The van der Waals surface area contributed by atoms with E-state index in [0.29, 0.717) is 19.2 Å². The van der Waals surface area contributed by atoms with E-state index in [9.17, 15) is 4.79 Å². The number of carbonyl (C=O) groups is 1. The van der Waals surface area contributed by atoms with Gasteiger partial charge in [-0.15, -0.1) is 0 Å². The fourth-order valence-electron chi connectivity index (χ4n) is 2.52. The topological polar surface area (TPSA) is 41.6 Å². The zero-order valence-electron chi connectivity index (χ0n) is 11.9. The van der Waals surface area contributed by atoms with Crippen LogP contribution in [0.3, 0.4) is 0 Å². The van der Waals surface area contributed by atoms with Crippen LogP contribution in [-0.2, 0) is 9.53 Å². The summed E-state index contributed by atoms with van der Waals surface area (Å²) in [5.41, 5.74) is 0. The summed E-state index contributed by atoms with van der Waals surface area (Å²) in [5.74, 6) is 0.205. The molecular weight excluding hydrogens is 228 g/mol. The van der Waals surface area contributed by atoms with Gasteiger partial charge in [0.2, 0.25) is 5.91 Å². The number of ether oxygens (including phenoxy) is 1. The Kier molecular flexibility index (Phi) is 8.01. The van der Waals surface area contributed by atoms with E-state index < -0.39 is 0 Å². The maximum atomic E-state index is 12.0. The Morgan fingerprint density at radius 2 is 1.83 bits per heavy atom. The lowest BCUT2D eigenvalue weighted by molar-refractivity contribution is -0.131. The van der Waals surface area contributed by atoms with E-state index >= 15 is 0 Å². The molecule has 0 radical (unpaired) electrons. The lowest BCUT2D eigenvalue weighted by Crippen LogP contribution is -2.42. The molecule has 1 fully saturated rings. The molecule has 1 N–H and O–H groups in total. The lowest BCUT2D eigenvalue weighted by Gasteiger charge is -2.30. The summed E-state index contributed by atoms with van der Waals surface area (Å²) in [6.07, 6.45) is 8.87. The molecule has 18 heavy (non-hydrogen) atoms. The first-order valence-electron chi connectivity index (χ1n) is 7.21. The minimum atomic E-state index is 0.205. The van der Waals surface area contributed by atoms with Crippen molar-refractivity contribution in [2.45, 2.75) is 51.0 Å². The second-order valence-electron chi connectivity index (χ2n) is 5.17. The first-order valence-corrected chi connectivity index (χ1v) is 7.21. The van der Waals surface area contributed by atoms with E-state index in [-0.39, 0.29) is 5.91 Å². The monoisotopic (exact) mass is 256 g/mol. The third-order valence-electron chi connectivity index (χ3n) is 3.77. The molecule has 0 aliphatic heterocycles. The third kappa shape index (κ3) is 5.83. The van der Waals surface area contributed by atoms with Crippen molar-refractivity contribution >= 4 is 5.91 Å². The highest BCUT2D eigenvalue weighted by Crippen LogP contribution is 2.20. The number of hydrogen-bond donors (Lipinski definition) is 1. The van der Waals surface area contributed by atoms with Crippen LogP contribution >= 0.6 is 0 Å². The second-order valence-corrected chi connectivity index (χ2v) is 5.17. The molecule has 0 heterocycles. The lowest BCUT2D eigenvalue weighted by atomic mass is 9.96. The van der Waals surface area contributed by atoms with E-state index in [1.54, 1.807) is 7.11 Å². The number of nitrogens with one attached hydrogen (secondary N) is 1. The van der Waals surface area contributed by atoms with Gasteiger partial charge in [0.05, 0.1) is 13.2 Å². The van der Waals surface area contributed by atoms with Crippen molar-refractivity contribution in [3.63, 3.8) is 0 Å². The normalized spacial score (nSPS) is 18.1. The van der Waals surface area contributed by atoms with Crippen molar-refractivity contribution in [2.24, 2.45) is 0 Å². The maximum Gasteiger partial charge on any atom is 0.236 e. The summed E-state index contributed by atoms with van der Waals surface area (Å²) in [7, 11) is 3.62. The summed E-state index contributed by atoms with van der Waals surface area (Å²) >= 11 is 0. The quantitative estimate of drug-likeness (QED) is 0.737. The van der Waals surface area contributed by atoms with Crippen molar-refractivity contribution < 1.29 is 9.53 Å². The fourth-order valence-corrected chi connectivity index (χ4v) is 2.52. The summed E-state index contributed by atoms with van der Waals surface area (Å²) < 4.78 is 4.94. The first kappa shape index (κ1) is 15.4. The molecule has 1 aliphatic rings. The first-order chi connectivity index (χ1) is 8.75. The molecule has 0 bridgehead atoms. The van der Waals surface area contributed by atoms with Gasteiger partial charge in [-0.3, -0.25) is 4.79 Å². The Hall–Kier alpha value is -0.610. The minimum absolute atomic E-state index is 0.205. The highest BCUT2D eigenvalue weighted by atomic mass is 16.5. The van der Waals surface area contributed by atoms with Gasteiger partial charge >= 0.3 is 0 Å². The fraction of sp³-hybridized carbons (Fsp3) is 0.929. The number of carbonyl (C=O) groups excluding carboxylic acids is 1. The van der Waals surface area contributed by atoms with Crippen molar-refractivity contribution in [3.05, 3.63) is 0 Å². The molecule has 0 aromatic rings. The van der Waals surface area contributed by atoms with Crippen molar-refractivity contribution in [2.75, 3.05) is 33.9 Å². The third-order valence-corrected chi connectivity index (χ3v) is 3.77. The van der Waals surface area contributed by atoms with Gasteiger partial charge in [0.1, 0.15) is 0 Å². The van der Waals surface area contributed by atoms with Gasteiger partial charge in [-0.1, -0.05) is 32.1 Å². The molecule has 4 heteroatoms. The number of nitrogens with zero attached hydrogens (tertiary/aromatic N) is 1. The summed E-state index contributed by atoms with van der Waals surface area (Å²) in [5, 5.41) is 3.12. The van der Waals surface area contributed by atoms with E-state index in [1.165, 1.54) is 44.9 Å². The number of rotatable bonds is 6. The second kappa shape index (κ2) is 9.34. The zero-order chi connectivity index (χ0) is 13.2. The molecule has 0 saturated heterocycles. The van der Waals surface area contributed by atoms with Gasteiger partial charge in [-0.05, 0) is 12.8 Å². The van der Waals surface area contributed by atoms with Gasteiger partial charge < -0.3 is 15.0 Å². The molecule has 0 aromatic carbocycles. The highest BCUT2D eigenvalue weighted by molar-refractivity contribution is 5.78. The van der Waals surface area contributed by atoms with E-state index in [1.807, 2.05) is 11.9 Å². The summed E-state index contributed by atoms with van der Waals surface area (Å²) in [4.78, 5) is 14.0. The average molecular weight is 256 g/mol. The van der Waals surface area contributed by atoms with Crippen LogP contribution in [0.5, 0.6) is 0 Å². The van der Waals surface area contributed by atoms with Crippen LogP contribution in [0.15, 0.2) is 0 Å². The van der Waals surface area contributed by atoms with Gasteiger partial charge in [-0.25, -0.2) is 0 Å². The molecule has 106 valence electrons. The Morgan fingerprint density at radius 3 is 2.44 bits per heavy atom.